The van der Waals surface area contributed by atoms with Gasteiger partial charge in [-0.25, -0.2) is 0 Å². The molecule has 0 aromatic heterocycles. The van der Waals surface area contributed by atoms with Crippen molar-refractivity contribution in [2.45, 2.75) is 69.2 Å². The van der Waals surface area contributed by atoms with Crippen LogP contribution in [0, 0.1) is 11.8 Å². The minimum absolute atomic E-state index is 0.000383. The van der Waals surface area contributed by atoms with Gasteiger partial charge in [-0.1, -0.05) is 74.1 Å². The Hall–Kier alpha value is -1.85. The Morgan fingerprint density at radius 3 is 2.67 bits per heavy atom. The fraction of sp³-hybridized carbons (Fsp3) is 0.583. The molecule has 2 amide bonds. The standard InChI is InChI=1S/C24H29ClN2O3/c25-18-11-7-6-8-16(18)14-27-15-24-13-12-19(30-24)20(21(24)23(27)29)22(28)26-17-9-4-2-1-3-5-10-17/h6-8,11-13,17,19-21H,1-5,9-10,14-15H2,(H,26,28)/t19-,20+,21-,24+/m1/s1. The largest absolute Gasteiger partial charge is 0.360 e. The molecule has 6 heteroatoms. The molecule has 5 nitrogen and oxygen atoms in total. The molecule has 160 valence electrons. The number of fused-ring (bicyclic) bond motifs is 1. The zero-order valence-electron chi connectivity index (χ0n) is 17.2. The number of benzene rings is 1. The van der Waals surface area contributed by atoms with E-state index in [0.29, 0.717) is 18.1 Å². The lowest BCUT2D eigenvalue weighted by Crippen LogP contribution is -2.47. The lowest BCUT2D eigenvalue weighted by molar-refractivity contribution is -0.138. The summed E-state index contributed by atoms with van der Waals surface area (Å²) in [6, 6.07) is 7.80. The van der Waals surface area contributed by atoms with E-state index in [1.807, 2.05) is 36.4 Å². The summed E-state index contributed by atoms with van der Waals surface area (Å²) in [6.45, 7) is 0.914. The van der Waals surface area contributed by atoms with E-state index in [2.05, 4.69) is 5.32 Å². The maximum atomic E-state index is 13.4. The van der Waals surface area contributed by atoms with Gasteiger partial charge in [0.25, 0.3) is 0 Å². The monoisotopic (exact) mass is 428 g/mol. The lowest BCUT2D eigenvalue weighted by atomic mass is 9.76. The summed E-state index contributed by atoms with van der Waals surface area (Å²) < 4.78 is 6.25. The van der Waals surface area contributed by atoms with Crippen molar-refractivity contribution >= 4 is 23.4 Å². The highest BCUT2D eigenvalue weighted by Gasteiger charge is 2.66. The zero-order valence-corrected chi connectivity index (χ0v) is 17.9. The summed E-state index contributed by atoms with van der Waals surface area (Å²) in [7, 11) is 0. The second-order valence-corrected chi connectivity index (χ2v) is 9.64. The first-order valence-electron chi connectivity index (χ1n) is 11.3. The molecule has 3 fully saturated rings. The third kappa shape index (κ3) is 3.46. The second-order valence-electron chi connectivity index (χ2n) is 9.24. The SMILES string of the molecule is O=C(NC1CCCCCCC1)[C@H]1[C@H]2C=C[C@@]3(CN(Cc4ccccc4Cl)C(=O)[C@@H]13)O2. The number of hydrogen-bond acceptors (Lipinski definition) is 3. The highest BCUT2D eigenvalue weighted by Crippen LogP contribution is 2.52. The maximum absolute atomic E-state index is 13.4. The number of nitrogens with one attached hydrogen (secondary N) is 1. The van der Waals surface area contributed by atoms with Crippen LogP contribution in [-0.4, -0.2) is 41.0 Å². The Morgan fingerprint density at radius 1 is 1.17 bits per heavy atom. The first kappa shape index (κ1) is 20.1. The number of carbonyl (C=O) groups is 2. The van der Waals surface area contributed by atoms with Crippen LogP contribution >= 0.6 is 11.6 Å². The van der Waals surface area contributed by atoms with Crippen molar-refractivity contribution in [3.05, 3.63) is 47.0 Å². The third-order valence-electron chi connectivity index (χ3n) is 7.25. The van der Waals surface area contributed by atoms with Gasteiger partial charge in [-0.2, -0.15) is 0 Å². The van der Waals surface area contributed by atoms with Crippen LogP contribution in [0.15, 0.2) is 36.4 Å². The molecule has 1 saturated carbocycles. The van der Waals surface area contributed by atoms with E-state index >= 15 is 0 Å². The molecule has 1 aromatic carbocycles. The fourth-order valence-corrected chi connectivity index (χ4v) is 5.94. The Labute approximate surface area is 182 Å². The fourth-order valence-electron chi connectivity index (χ4n) is 5.74. The predicted octanol–water partition coefficient (Wildman–Crippen LogP) is 3.85. The van der Waals surface area contributed by atoms with Crippen LogP contribution in [0.3, 0.4) is 0 Å². The van der Waals surface area contributed by atoms with Crippen molar-refractivity contribution in [1.29, 1.82) is 0 Å². The smallest absolute Gasteiger partial charge is 0.230 e. The van der Waals surface area contributed by atoms with Gasteiger partial charge in [0.2, 0.25) is 11.8 Å². The van der Waals surface area contributed by atoms with Crippen LogP contribution in [0.25, 0.3) is 0 Å². The van der Waals surface area contributed by atoms with E-state index in [9.17, 15) is 9.59 Å². The molecule has 4 atom stereocenters. The molecule has 30 heavy (non-hydrogen) atoms. The Balaban J connectivity index is 1.32. The van der Waals surface area contributed by atoms with Gasteiger partial charge in [-0.3, -0.25) is 9.59 Å². The number of halogens is 1. The molecule has 1 N–H and O–H groups in total. The van der Waals surface area contributed by atoms with Gasteiger partial charge in [0.1, 0.15) is 5.60 Å². The van der Waals surface area contributed by atoms with Gasteiger partial charge >= 0.3 is 0 Å². The summed E-state index contributed by atoms with van der Waals surface area (Å²) >= 11 is 6.31. The minimum Gasteiger partial charge on any atom is -0.360 e. The number of carbonyl (C=O) groups excluding carboxylic acids is 2. The minimum atomic E-state index is -0.675. The predicted molar refractivity (Wildman–Crippen MR) is 115 cm³/mol. The van der Waals surface area contributed by atoms with Gasteiger partial charge in [-0.05, 0) is 24.5 Å². The van der Waals surface area contributed by atoms with Crippen molar-refractivity contribution in [3.8, 4) is 0 Å². The van der Waals surface area contributed by atoms with Crippen LogP contribution in [0.5, 0.6) is 0 Å². The topological polar surface area (TPSA) is 58.6 Å². The number of hydrogen-bond donors (Lipinski definition) is 1. The number of rotatable bonds is 4. The van der Waals surface area contributed by atoms with Crippen molar-refractivity contribution in [2.24, 2.45) is 11.8 Å². The van der Waals surface area contributed by atoms with Gasteiger partial charge in [0.15, 0.2) is 0 Å². The van der Waals surface area contributed by atoms with E-state index in [-0.39, 0.29) is 24.0 Å². The van der Waals surface area contributed by atoms with Crippen LogP contribution in [-0.2, 0) is 20.9 Å². The summed E-state index contributed by atoms with van der Waals surface area (Å²) in [5.74, 6) is -0.901. The first-order valence-corrected chi connectivity index (χ1v) is 11.6. The third-order valence-corrected chi connectivity index (χ3v) is 7.62. The lowest BCUT2D eigenvalue weighted by Gasteiger charge is -2.27. The molecule has 1 spiro atoms. The van der Waals surface area contributed by atoms with Crippen LogP contribution in [0.2, 0.25) is 5.02 Å². The molecular formula is C24H29ClN2O3. The van der Waals surface area contributed by atoms with Gasteiger partial charge in [0.05, 0.1) is 24.5 Å². The Morgan fingerprint density at radius 2 is 1.90 bits per heavy atom. The van der Waals surface area contributed by atoms with E-state index in [0.717, 1.165) is 31.2 Å². The average molecular weight is 429 g/mol. The van der Waals surface area contributed by atoms with Crippen LogP contribution in [0.1, 0.15) is 50.5 Å². The van der Waals surface area contributed by atoms with Crippen molar-refractivity contribution in [2.75, 3.05) is 6.54 Å². The molecule has 1 aromatic rings. The summed E-state index contributed by atoms with van der Waals surface area (Å²) in [6.07, 6.45) is 11.8. The summed E-state index contributed by atoms with van der Waals surface area (Å²) in [4.78, 5) is 28.5. The van der Waals surface area contributed by atoms with Gasteiger partial charge in [-0.15, -0.1) is 0 Å². The average Bonchev–Trinajstić information content (AvgIpc) is 3.34. The molecule has 2 bridgehead atoms. The highest BCUT2D eigenvalue weighted by molar-refractivity contribution is 6.31. The van der Waals surface area contributed by atoms with Gasteiger partial charge < -0.3 is 15.0 Å². The van der Waals surface area contributed by atoms with Crippen molar-refractivity contribution in [3.63, 3.8) is 0 Å². The van der Waals surface area contributed by atoms with Gasteiger partial charge in [0, 0.05) is 17.6 Å². The maximum Gasteiger partial charge on any atom is 0.230 e. The normalized spacial score (nSPS) is 33.4. The molecule has 0 radical (unpaired) electrons. The molecule has 2 saturated heterocycles. The Bertz CT molecular complexity index is 864. The number of amides is 2. The first-order chi connectivity index (χ1) is 14.6. The van der Waals surface area contributed by atoms with Crippen LogP contribution in [0.4, 0.5) is 0 Å². The molecule has 3 aliphatic heterocycles. The quantitative estimate of drug-likeness (QED) is 0.741. The molecule has 3 heterocycles. The molecule has 1 aliphatic carbocycles. The van der Waals surface area contributed by atoms with E-state index in [4.69, 9.17) is 16.3 Å². The molecule has 5 rings (SSSR count). The summed E-state index contributed by atoms with van der Waals surface area (Å²) in [5, 5.41) is 3.92. The molecular weight excluding hydrogens is 400 g/mol. The van der Waals surface area contributed by atoms with E-state index in [1.165, 1.54) is 19.3 Å². The number of nitrogens with zero attached hydrogens (tertiary/aromatic N) is 1. The zero-order chi connectivity index (χ0) is 20.7. The van der Waals surface area contributed by atoms with Crippen LogP contribution < -0.4 is 5.32 Å². The van der Waals surface area contributed by atoms with E-state index in [1.54, 1.807) is 4.90 Å². The Kier molecular flexibility index (Phi) is 5.36. The highest BCUT2D eigenvalue weighted by atomic mass is 35.5. The summed E-state index contributed by atoms with van der Waals surface area (Å²) in [5.41, 5.74) is 0.240. The van der Waals surface area contributed by atoms with E-state index < -0.39 is 17.4 Å². The second kappa shape index (κ2) is 8.01. The molecule has 4 aliphatic rings. The van der Waals surface area contributed by atoms with Crippen molar-refractivity contribution < 1.29 is 14.3 Å². The molecule has 0 unspecified atom stereocenters. The number of likely N-dealkylation sites (tertiary alicyclic amines) is 1. The van der Waals surface area contributed by atoms with Crippen molar-refractivity contribution in [1.82, 2.24) is 10.2 Å². The number of ether oxygens (including phenoxy) is 1.